The molecule has 0 fully saturated rings. The van der Waals surface area contributed by atoms with E-state index in [2.05, 4.69) is 15.5 Å². The highest BCUT2D eigenvalue weighted by molar-refractivity contribution is 6.32. The summed E-state index contributed by atoms with van der Waals surface area (Å²) in [7, 11) is 0. The highest BCUT2D eigenvalue weighted by atomic mass is 35.5. The van der Waals surface area contributed by atoms with Crippen LogP contribution in [0.25, 0.3) is 0 Å². The quantitative estimate of drug-likeness (QED) is 0.640. The number of nitrogens with two attached hydrogens (primary N) is 1. The standard InChI is InChI=1S/C8H8ClF3N4/c9-6-3-5(8(10,11)12)4-14-7(6)16-15-2-1-13/h2-4H,1,13H2,(H,14,16)/b15-2+. The Bertz CT molecular complexity index is 391. The number of rotatable bonds is 3. The monoisotopic (exact) mass is 252 g/mol. The minimum atomic E-state index is -4.46. The Morgan fingerprint density at radius 3 is 2.75 bits per heavy atom. The lowest BCUT2D eigenvalue weighted by atomic mass is 10.3. The Labute approximate surface area is 94.3 Å². The summed E-state index contributed by atoms with van der Waals surface area (Å²) in [6.07, 6.45) is -2.46. The number of hydrogen-bond acceptors (Lipinski definition) is 4. The highest BCUT2D eigenvalue weighted by Crippen LogP contribution is 2.32. The molecular formula is C8H8ClF3N4. The van der Waals surface area contributed by atoms with E-state index >= 15 is 0 Å². The van der Waals surface area contributed by atoms with Gasteiger partial charge < -0.3 is 5.73 Å². The predicted octanol–water partition coefficient (Wildman–Crippen LogP) is 2.11. The zero-order valence-electron chi connectivity index (χ0n) is 7.92. The molecule has 0 aliphatic rings. The van der Waals surface area contributed by atoms with Crippen molar-refractivity contribution in [3.8, 4) is 0 Å². The van der Waals surface area contributed by atoms with Crippen LogP contribution in [-0.4, -0.2) is 17.7 Å². The van der Waals surface area contributed by atoms with Crippen LogP contribution in [0.15, 0.2) is 17.4 Å². The van der Waals surface area contributed by atoms with Crippen molar-refractivity contribution in [3.63, 3.8) is 0 Å². The van der Waals surface area contributed by atoms with Gasteiger partial charge in [0.25, 0.3) is 0 Å². The van der Waals surface area contributed by atoms with Gasteiger partial charge in [0.1, 0.15) is 0 Å². The van der Waals surface area contributed by atoms with Gasteiger partial charge in [-0.2, -0.15) is 18.3 Å². The fourth-order valence-electron chi connectivity index (χ4n) is 0.835. The minimum Gasteiger partial charge on any atom is -0.326 e. The molecule has 0 aliphatic carbocycles. The van der Waals surface area contributed by atoms with Gasteiger partial charge in [0.15, 0.2) is 5.82 Å². The topological polar surface area (TPSA) is 63.3 Å². The SMILES string of the molecule is NC/C=N/Nc1ncc(C(F)(F)F)cc1Cl. The molecule has 0 saturated heterocycles. The number of anilines is 1. The summed E-state index contributed by atoms with van der Waals surface area (Å²) in [5, 5.41) is 3.42. The summed E-state index contributed by atoms with van der Waals surface area (Å²) in [6, 6.07) is 0.773. The van der Waals surface area contributed by atoms with Gasteiger partial charge in [-0.1, -0.05) is 11.6 Å². The molecule has 0 aromatic carbocycles. The van der Waals surface area contributed by atoms with Crippen molar-refractivity contribution in [3.05, 3.63) is 22.8 Å². The van der Waals surface area contributed by atoms with Gasteiger partial charge in [-0.05, 0) is 6.07 Å². The lowest BCUT2D eigenvalue weighted by molar-refractivity contribution is -0.137. The van der Waals surface area contributed by atoms with Crippen molar-refractivity contribution >= 4 is 23.6 Å². The highest BCUT2D eigenvalue weighted by Gasteiger charge is 2.31. The molecule has 0 amide bonds. The van der Waals surface area contributed by atoms with Gasteiger partial charge >= 0.3 is 6.18 Å². The maximum absolute atomic E-state index is 12.2. The fourth-order valence-corrected chi connectivity index (χ4v) is 1.04. The van der Waals surface area contributed by atoms with E-state index in [1.807, 2.05) is 0 Å². The Morgan fingerprint density at radius 1 is 1.56 bits per heavy atom. The molecule has 1 rings (SSSR count). The molecule has 0 bridgehead atoms. The first-order valence-corrected chi connectivity index (χ1v) is 4.53. The Morgan fingerprint density at radius 2 is 2.25 bits per heavy atom. The second-order valence-corrected chi connectivity index (χ2v) is 3.12. The molecule has 0 spiro atoms. The molecule has 1 aromatic rings. The van der Waals surface area contributed by atoms with Gasteiger partial charge in [0.05, 0.1) is 10.6 Å². The number of nitrogens with zero attached hydrogens (tertiary/aromatic N) is 2. The largest absolute Gasteiger partial charge is 0.417 e. The lowest BCUT2D eigenvalue weighted by Crippen LogP contribution is -2.07. The van der Waals surface area contributed by atoms with Crippen LogP contribution in [0.3, 0.4) is 0 Å². The number of aromatic nitrogens is 1. The molecule has 3 N–H and O–H groups in total. The summed E-state index contributed by atoms with van der Waals surface area (Å²) in [5.74, 6) is 0.0411. The van der Waals surface area contributed by atoms with Crippen molar-refractivity contribution < 1.29 is 13.2 Å². The van der Waals surface area contributed by atoms with Gasteiger partial charge in [-0.3, -0.25) is 5.43 Å². The molecular weight excluding hydrogens is 245 g/mol. The van der Waals surface area contributed by atoms with Crippen molar-refractivity contribution in [2.45, 2.75) is 6.18 Å². The molecule has 1 heterocycles. The Balaban J connectivity index is 2.88. The minimum absolute atomic E-state index is 0.0411. The number of pyridine rings is 1. The Kier molecular flexibility index (Phi) is 4.08. The van der Waals surface area contributed by atoms with Crippen LogP contribution < -0.4 is 11.2 Å². The fraction of sp³-hybridized carbons (Fsp3) is 0.250. The first-order valence-electron chi connectivity index (χ1n) is 4.15. The molecule has 0 radical (unpaired) electrons. The molecule has 0 saturated carbocycles. The summed E-state index contributed by atoms with van der Waals surface area (Å²) < 4.78 is 36.7. The maximum atomic E-state index is 12.2. The van der Waals surface area contributed by atoms with Crippen molar-refractivity contribution in [2.24, 2.45) is 10.8 Å². The van der Waals surface area contributed by atoms with Crippen LogP contribution in [0.5, 0.6) is 0 Å². The molecule has 88 valence electrons. The predicted molar refractivity (Wildman–Crippen MR) is 55.4 cm³/mol. The summed E-state index contributed by atoms with van der Waals surface area (Å²) in [4.78, 5) is 3.50. The number of hydrazone groups is 1. The second kappa shape index (κ2) is 5.13. The number of hydrogen-bond donors (Lipinski definition) is 2. The Hall–Kier alpha value is -1.34. The third kappa shape index (κ3) is 3.35. The van der Waals surface area contributed by atoms with Crippen molar-refractivity contribution in [1.29, 1.82) is 0 Å². The smallest absolute Gasteiger partial charge is 0.326 e. The summed E-state index contributed by atoms with van der Waals surface area (Å²) >= 11 is 5.58. The average Bonchev–Trinajstić information content (AvgIpc) is 2.19. The van der Waals surface area contributed by atoms with E-state index < -0.39 is 11.7 Å². The van der Waals surface area contributed by atoms with Crippen LogP contribution in [0.4, 0.5) is 19.0 Å². The van der Waals surface area contributed by atoms with Gasteiger partial charge in [-0.25, -0.2) is 4.98 Å². The first kappa shape index (κ1) is 12.7. The molecule has 1 aromatic heterocycles. The normalized spacial score (nSPS) is 12.1. The van der Waals surface area contributed by atoms with Crippen LogP contribution >= 0.6 is 11.6 Å². The number of nitrogens with one attached hydrogen (secondary N) is 1. The average molecular weight is 253 g/mol. The number of halogens is 4. The third-order valence-electron chi connectivity index (χ3n) is 1.54. The van der Waals surface area contributed by atoms with Crippen molar-refractivity contribution in [2.75, 3.05) is 12.0 Å². The molecule has 0 aliphatic heterocycles. The van der Waals surface area contributed by atoms with E-state index in [-0.39, 0.29) is 17.4 Å². The third-order valence-corrected chi connectivity index (χ3v) is 1.82. The number of alkyl halides is 3. The maximum Gasteiger partial charge on any atom is 0.417 e. The first-order chi connectivity index (χ1) is 7.45. The van der Waals surface area contributed by atoms with Crippen LogP contribution in [0.2, 0.25) is 5.02 Å². The van der Waals surface area contributed by atoms with E-state index in [1.165, 1.54) is 6.21 Å². The van der Waals surface area contributed by atoms with Crippen LogP contribution in [0.1, 0.15) is 5.56 Å². The van der Waals surface area contributed by atoms with E-state index in [4.69, 9.17) is 17.3 Å². The van der Waals surface area contributed by atoms with Gasteiger partial charge in [0.2, 0.25) is 0 Å². The van der Waals surface area contributed by atoms with E-state index in [9.17, 15) is 13.2 Å². The second-order valence-electron chi connectivity index (χ2n) is 2.71. The molecule has 0 atom stereocenters. The van der Waals surface area contributed by atoms with Gasteiger partial charge in [0, 0.05) is 19.0 Å². The lowest BCUT2D eigenvalue weighted by Gasteiger charge is -2.08. The summed E-state index contributed by atoms with van der Waals surface area (Å²) in [6.45, 7) is 0.200. The molecule has 16 heavy (non-hydrogen) atoms. The zero-order valence-corrected chi connectivity index (χ0v) is 8.68. The van der Waals surface area contributed by atoms with Gasteiger partial charge in [-0.15, -0.1) is 0 Å². The van der Waals surface area contributed by atoms with E-state index in [0.29, 0.717) is 6.20 Å². The zero-order chi connectivity index (χ0) is 12.2. The van der Waals surface area contributed by atoms with Crippen LogP contribution in [-0.2, 0) is 6.18 Å². The van der Waals surface area contributed by atoms with Crippen LogP contribution in [0, 0.1) is 0 Å². The molecule has 0 unspecified atom stereocenters. The van der Waals surface area contributed by atoms with Crippen molar-refractivity contribution in [1.82, 2.24) is 4.98 Å². The molecule has 8 heteroatoms. The van der Waals surface area contributed by atoms with E-state index in [1.54, 1.807) is 0 Å². The summed E-state index contributed by atoms with van der Waals surface area (Å²) in [5.41, 5.74) is 6.58. The molecule has 4 nitrogen and oxygen atoms in total. The van der Waals surface area contributed by atoms with E-state index in [0.717, 1.165) is 6.07 Å².